The van der Waals surface area contributed by atoms with E-state index in [0.717, 1.165) is 16.3 Å². The predicted octanol–water partition coefficient (Wildman–Crippen LogP) is 3.50. The summed E-state index contributed by atoms with van der Waals surface area (Å²) in [5, 5.41) is 1.72. The first-order valence-corrected chi connectivity index (χ1v) is 6.98. The van der Waals surface area contributed by atoms with Crippen molar-refractivity contribution in [3.8, 4) is 5.75 Å². The highest BCUT2D eigenvalue weighted by atomic mass is 16.5. The Kier molecular flexibility index (Phi) is 4.58. The zero-order valence-electron chi connectivity index (χ0n) is 12.4. The first-order valence-electron chi connectivity index (χ1n) is 6.98. The molecule has 2 rings (SSSR count). The van der Waals surface area contributed by atoms with Crippen LogP contribution in [0.15, 0.2) is 30.3 Å². The molecular weight excluding hydrogens is 268 g/mol. The summed E-state index contributed by atoms with van der Waals surface area (Å²) in [6.07, 6.45) is 0.689. The first kappa shape index (κ1) is 15.0. The Morgan fingerprint density at radius 2 is 1.76 bits per heavy atom. The van der Waals surface area contributed by atoms with Crippen LogP contribution in [-0.4, -0.2) is 18.5 Å². The number of hydrogen-bond donors (Lipinski definition) is 0. The fraction of sp³-hybridized carbons (Fsp3) is 0.294. The van der Waals surface area contributed by atoms with Gasteiger partial charge in [0.15, 0.2) is 0 Å². The molecule has 110 valence electrons. The van der Waals surface area contributed by atoms with E-state index in [1.807, 2.05) is 31.2 Å². The van der Waals surface area contributed by atoms with Crippen molar-refractivity contribution in [1.29, 1.82) is 0 Å². The van der Waals surface area contributed by atoms with Crippen LogP contribution >= 0.6 is 0 Å². The normalized spacial score (nSPS) is 10.4. The van der Waals surface area contributed by atoms with Crippen LogP contribution < -0.4 is 4.74 Å². The van der Waals surface area contributed by atoms with Gasteiger partial charge in [-0.05, 0) is 30.4 Å². The molecule has 0 aliphatic carbocycles. The number of aryl methyl sites for hydroxylation is 1. The fourth-order valence-electron chi connectivity index (χ4n) is 2.41. The molecule has 0 radical (unpaired) electrons. The number of benzene rings is 2. The van der Waals surface area contributed by atoms with Crippen molar-refractivity contribution >= 4 is 22.7 Å². The minimum Gasteiger partial charge on any atom is -0.462 e. The van der Waals surface area contributed by atoms with Crippen molar-refractivity contribution in [1.82, 2.24) is 0 Å². The monoisotopic (exact) mass is 286 g/mol. The molecule has 0 aliphatic rings. The van der Waals surface area contributed by atoms with Crippen molar-refractivity contribution < 1.29 is 19.1 Å². The van der Waals surface area contributed by atoms with Crippen molar-refractivity contribution in [3.05, 3.63) is 41.5 Å². The van der Waals surface area contributed by atoms with E-state index in [1.165, 1.54) is 6.92 Å². The van der Waals surface area contributed by atoms with Gasteiger partial charge in [0.05, 0.1) is 12.2 Å². The van der Waals surface area contributed by atoms with E-state index >= 15 is 0 Å². The first-order chi connectivity index (χ1) is 10.1. The summed E-state index contributed by atoms with van der Waals surface area (Å²) in [6, 6.07) is 9.17. The van der Waals surface area contributed by atoms with Gasteiger partial charge >= 0.3 is 11.9 Å². The van der Waals surface area contributed by atoms with E-state index in [4.69, 9.17) is 9.47 Å². The quantitative estimate of drug-likeness (QED) is 0.637. The summed E-state index contributed by atoms with van der Waals surface area (Å²) < 4.78 is 10.3. The van der Waals surface area contributed by atoms with Crippen LogP contribution in [0.1, 0.15) is 36.7 Å². The van der Waals surface area contributed by atoms with Gasteiger partial charge in [-0.1, -0.05) is 31.2 Å². The third-order valence-corrected chi connectivity index (χ3v) is 3.22. The van der Waals surface area contributed by atoms with E-state index in [1.54, 1.807) is 13.0 Å². The Morgan fingerprint density at radius 3 is 2.33 bits per heavy atom. The maximum absolute atomic E-state index is 12.1. The summed E-state index contributed by atoms with van der Waals surface area (Å²) in [6.45, 7) is 5.39. The largest absolute Gasteiger partial charge is 0.462 e. The van der Waals surface area contributed by atoms with Gasteiger partial charge in [0.1, 0.15) is 5.75 Å². The average Bonchev–Trinajstić information content (AvgIpc) is 2.46. The molecule has 0 saturated heterocycles. The van der Waals surface area contributed by atoms with Crippen LogP contribution in [0.3, 0.4) is 0 Å². The number of hydrogen-bond acceptors (Lipinski definition) is 4. The van der Waals surface area contributed by atoms with E-state index in [9.17, 15) is 9.59 Å². The number of rotatable bonds is 4. The van der Waals surface area contributed by atoms with E-state index in [-0.39, 0.29) is 0 Å². The number of esters is 2. The fourth-order valence-corrected chi connectivity index (χ4v) is 2.41. The third-order valence-electron chi connectivity index (χ3n) is 3.22. The van der Waals surface area contributed by atoms with E-state index < -0.39 is 11.9 Å². The molecule has 0 bridgehead atoms. The summed E-state index contributed by atoms with van der Waals surface area (Å²) in [7, 11) is 0. The van der Waals surface area contributed by atoms with Crippen LogP contribution in [-0.2, 0) is 16.0 Å². The second-order valence-electron chi connectivity index (χ2n) is 4.61. The Bertz CT molecular complexity index is 688. The summed E-state index contributed by atoms with van der Waals surface area (Å²) >= 11 is 0. The smallest absolute Gasteiger partial charge is 0.338 e. The molecule has 4 nitrogen and oxygen atoms in total. The molecular formula is C17H18O4. The van der Waals surface area contributed by atoms with Crippen molar-refractivity contribution in [2.24, 2.45) is 0 Å². The summed E-state index contributed by atoms with van der Waals surface area (Å²) in [5.74, 6) is -0.425. The molecule has 21 heavy (non-hydrogen) atoms. The summed E-state index contributed by atoms with van der Waals surface area (Å²) in [5.41, 5.74) is 1.36. The Hall–Kier alpha value is -2.36. The lowest BCUT2D eigenvalue weighted by atomic mass is 9.96. The molecule has 0 fully saturated rings. The topological polar surface area (TPSA) is 52.6 Å². The molecule has 2 aromatic carbocycles. The highest BCUT2D eigenvalue weighted by Crippen LogP contribution is 2.32. The van der Waals surface area contributed by atoms with Crippen LogP contribution in [0.4, 0.5) is 0 Å². The molecule has 2 aromatic rings. The molecule has 0 unspecified atom stereocenters. The standard InChI is InChI=1S/C17H18O4/c1-4-12-13-8-6-7-9-14(13)16(21-11(3)18)10-15(12)17(19)20-5-2/h6-10H,4-5H2,1-3H3. The van der Waals surface area contributed by atoms with Gasteiger partial charge in [0.25, 0.3) is 0 Å². The molecule has 0 aliphatic heterocycles. The second kappa shape index (κ2) is 6.39. The second-order valence-corrected chi connectivity index (χ2v) is 4.61. The lowest BCUT2D eigenvalue weighted by molar-refractivity contribution is -0.131. The number of carbonyl (C=O) groups is 2. The zero-order chi connectivity index (χ0) is 15.4. The number of fused-ring (bicyclic) bond motifs is 1. The van der Waals surface area contributed by atoms with Crippen molar-refractivity contribution in [2.45, 2.75) is 27.2 Å². The molecule has 0 heterocycles. The Balaban J connectivity index is 2.72. The third kappa shape index (κ3) is 3.05. The van der Waals surface area contributed by atoms with Crippen molar-refractivity contribution in [2.75, 3.05) is 6.61 Å². The SMILES string of the molecule is CCOC(=O)c1cc(OC(C)=O)c2ccccc2c1CC. The average molecular weight is 286 g/mol. The highest BCUT2D eigenvalue weighted by Gasteiger charge is 2.18. The molecule has 0 N–H and O–H groups in total. The van der Waals surface area contributed by atoms with Gasteiger partial charge in [-0.25, -0.2) is 4.79 Å². The van der Waals surface area contributed by atoms with Gasteiger partial charge in [0, 0.05) is 12.3 Å². The van der Waals surface area contributed by atoms with Crippen LogP contribution in [0.25, 0.3) is 10.8 Å². The summed E-state index contributed by atoms with van der Waals surface area (Å²) in [4.78, 5) is 23.4. The van der Waals surface area contributed by atoms with Gasteiger partial charge < -0.3 is 9.47 Å². The highest BCUT2D eigenvalue weighted by molar-refractivity contribution is 6.02. The van der Waals surface area contributed by atoms with Gasteiger partial charge in [-0.15, -0.1) is 0 Å². The lowest BCUT2D eigenvalue weighted by Crippen LogP contribution is -2.10. The van der Waals surface area contributed by atoms with Gasteiger partial charge in [-0.2, -0.15) is 0 Å². The van der Waals surface area contributed by atoms with Gasteiger partial charge in [-0.3, -0.25) is 4.79 Å². The van der Waals surface area contributed by atoms with E-state index in [0.29, 0.717) is 24.3 Å². The Morgan fingerprint density at radius 1 is 1.10 bits per heavy atom. The lowest BCUT2D eigenvalue weighted by Gasteiger charge is -2.14. The molecule has 0 saturated carbocycles. The zero-order valence-corrected chi connectivity index (χ0v) is 12.4. The molecule has 0 atom stereocenters. The maximum Gasteiger partial charge on any atom is 0.338 e. The Labute approximate surface area is 123 Å². The van der Waals surface area contributed by atoms with Crippen LogP contribution in [0, 0.1) is 0 Å². The minimum absolute atomic E-state index is 0.303. The molecule has 4 heteroatoms. The molecule has 0 amide bonds. The predicted molar refractivity (Wildman–Crippen MR) is 80.6 cm³/mol. The van der Waals surface area contributed by atoms with Gasteiger partial charge in [0.2, 0.25) is 0 Å². The minimum atomic E-state index is -0.417. The number of carbonyl (C=O) groups excluding carboxylic acids is 2. The molecule has 0 spiro atoms. The maximum atomic E-state index is 12.1. The molecule has 0 aromatic heterocycles. The number of ether oxygens (including phenoxy) is 2. The van der Waals surface area contributed by atoms with E-state index in [2.05, 4.69) is 0 Å². The van der Waals surface area contributed by atoms with Crippen molar-refractivity contribution in [3.63, 3.8) is 0 Å². The van der Waals surface area contributed by atoms with Crippen LogP contribution in [0.2, 0.25) is 0 Å². The van der Waals surface area contributed by atoms with Crippen LogP contribution in [0.5, 0.6) is 5.75 Å².